The summed E-state index contributed by atoms with van der Waals surface area (Å²) in [5, 5.41) is 22.6. The first-order chi connectivity index (χ1) is 17.4. The molecule has 2 aromatic carbocycles. The molecule has 1 saturated heterocycles. The Balaban J connectivity index is 1.72. The van der Waals surface area contributed by atoms with Gasteiger partial charge in [-0.3, -0.25) is 19.7 Å². The summed E-state index contributed by atoms with van der Waals surface area (Å²) in [6, 6.07) is 11.4. The number of imidazole rings is 1. The molecule has 4 rings (SSSR count). The minimum absolute atomic E-state index is 0.106. The van der Waals surface area contributed by atoms with E-state index in [-0.39, 0.29) is 23.6 Å². The number of aliphatic hydroxyl groups is 1. The molecule has 1 unspecified atom stereocenters. The highest BCUT2D eigenvalue weighted by atomic mass is 16.6. The van der Waals surface area contributed by atoms with Gasteiger partial charge in [-0.15, -0.1) is 0 Å². The van der Waals surface area contributed by atoms with E-state index in [1.165, 1.54) is 23.1 Å². The lowest BCUT2D eigenvalue weighted by molar-refractivity contribution is -0.384. The minimum Gasteiger partial charge on any atom is -0.507 e. The first-order valence-corrected chi connectivity index (χ1v) is 11.6. The molecule has 1 aliphatic heterocycles. The highest BCUT2D eigenvalue weighted by molar-refractivity contribution is 6.46. The van der Waals surface area contributed by atoms with Gasteiger partial charge in [0, 0.05) is 43.2 Å². The Morgan fingerprint density at radius 2 is 1.94 bits per heavy atom. The molecule has 1 aliphatic rings. The van der Waals surface area contributed by atoms with E-state index in [4.69, 9.17) is 4.74 Å². The third-order valence-corrected chi connectivity index (χ3v) is 5.91. The van der Waals surface area contributed by atoms with Crippen molar-refractivity contribution in [1.82, 2.24) is 14.5 Å². The summed E-state index contributed by atoms with van der Waals surface area (Å²) in [5.74, 6) is -1.33. The molecule has 36 heavy (non-hydrogen) atoms. The molecule has 10 nitrogen and oxygen atoms in total. The maximum Gasteiger partial charge on any atom is 0.295 e. The van der Waals surface area contributed by atoms with Gasteiger partial charge in [0.15, 0.2) is 0 Å². The molecule has 0 aliphatic carbocycles. The van der Waals surface area contributed by atoms with E-state index in [1.54, 1.807) is 49.1 Å². The van der Waals surface area contributed by atoms with Crippen molar-refractivity contribution in [3.63, 3.8) is 0 Å². The normalized spacial score (nSPS) is 16.9. The number of nitro groups is 1. The predicted octanol–water partition coefficient (Wildman–Crippen LogP) is 4.09. The number of ether oxygens (including phenoxy) is 1. The fraction of sp³-hybridized carbons (Fsp3) is 0.269. The standard InChI is InChI=1S/C26H26N4O6/c1-2-15-36-21-9-7-18(8-10-21)24(31)22-23(19-5-3-6-20(16-19)30(34)35)29(26(33)25(22)32)13-4-12-28-14-11-27-17-28/h3,5-11,14,16-17,23,31H,2,4,12-13,15H2,1H3/b24-22+. The van der Waals surface area contributed by atoms with E-state index in [1.807, 2.05) is 11.5 Å². The molecule has 1 amide bonds. The van der Waals surface area contributed by atoms with Gasteiger partial charge in [0.1, 0.15) is 11.5 Å². The molecule has 1 N–H and O–H groups in total. The topological polar surface area (TPSA) is 128 Å². The van der Waals surface area contributed by atoms with Crippen molar-refractivity contribution < 1.29 is 24.4 Å². The second kappa shape index (κ2) is 10.9. The Morgan fingerprint density at radius 1 is 1.17 bits per heavy atom. The van der Waals surface area contributed by atoms with Crippen LogP contribution in [0.25, 0.3) is 5.76 Å². The summed E-state index contributed by atoms with van der Waals surface area (Å²) in [7, 11) is 0. The number of aliphatic hydroxyl groups excluding tert-OH is 1. The number of hydrogen-bond donors (Lipinski definition) is 1. The van der Waals surface area contributed by atoms with Crippen LogP contribution in [-0.2, 0) is 16.1 Å². The lowest BCUT2D eigenvalue weighted by atomic mass is 9.95. The molecule has 1 fully saturated rings. The number of non-ortho nitro benzene ring substituents is 1. The average molecular weight is 491 g/mol. The molecule has 1 aromatic heterocycles. The highest BCUT2D eigenvalue weighted by Gasteiger charge is 2.46. The number of carbonyl (C=O) groups excluding carboxylic acids is 2. The summed E-state index contributed by atoms with van der Waals surface area (Å²) >= 11 is 0. The number of hydrogen-bond acceptors (Lipinski definition) is 7. The van der Waals surface area contributed by atoms with E-state index in [2.05, 4.69) is 4.98 Å². The SMILES string of the molecule is CCCOc1ccc(/C(O)=C2\C(=O)C(=O)N(CCCn3ccnc3)C2c2cccc([N+](=O)[O-])c2)cc1. The average Bonchev–Trinajstić information content (AvgIpc) is 3.50. The molecule has 10 heteroatoms. The Hall–Kier alpha value is -4.47. The Morgan fingerprint density at radius 3 is 2.61 bits per heavy atom. The van der Waals surface area contributed by atoms with Crippen LogP contribution in [0.4, 0.5) is 5.69 Å². The number of aromatic nitrogens is 2. The number of benzene rings is 2. The van der Waals surface area contributed by atoms with Crippen LogP contribution in [0.2, 0.25) is 0 Å². The number of carbonyl (C=O) groups is 2. The molecular weight excluding hydrogens is 464 g/mol. The smallest absolute Gasteiger partial charge is 0.295 e. The van der Waals surface area contributed by atoms with Crippen molar-refractivity contribution in [2.45, 2.75) is 32.4 Å². The molecule has 3 aromatic rings. The monoisotopic (exact) mass is 490 g/mol. The van der Waals surface area contributed by atoms with Gasteiger partial charge in [-0.2, -0.15) is 0 Å². The Kier molecular flexibility index (Phi) is 7.43. The minimum atomic E-state index is -0.969. The third kappa shape index (κ3) is 5.12. The number of nitro benzene ring substituents is 1. The molecule has 0 radical (unpaired) electrons. The number of ketones is 1. The number of nitrogens with zero attached hydrogens (tertiary/aromatic N) is 4. The van der Waals surface area contributed by atoms with Gasteiger partial charge in [0.2, 0.25) is 0 Å². The van der Waals surface area contributed by atoms with E-state index >= 15 is 0 Å². The maximum atomic E-state index is 13.2. The summed E-state index contributed by atoms with van der Waals surface area (Å²) in [6.07, 6.45) is 6.45. The van der Waals surface area contributed by atoms with Gasteiger partial charge < -0.3 is 19.3 Å². The number of rotatable bonds is 10. The maximum absolute atomic E-state index is 13.2. The lowest BCUT2D eigenvalue weighted by Crippen LogP contribution is -2.31. The highest BCUT2D eigenvalue weighted by Crippen LogP contribution is 2.40. The van der Waals surface area contributed by atoms with E-state index in [9.17, 15) is 24.8 Å². The van der Waals surface area contributed by atoms with Crippen LogP contribution in [0.15, 0.2) is 72.8 Å². The summed E-state index contributed by atoms with van der Waals surface area (Å²) in [5.41, 5.74) is 0.431. The summed E-state index contributed by atoms with van der Waals surface area (Å²) in [6.45, 7) is 3.30. The van der Waals surface area contributed by atoms with Gasteiger partial charge in [0.05, 0.1) is 29.5 Å². The van der Waals surface area contributed by atoms with Gasteiger partial charge in [-0.1, -0.05) is 19.1 Å². The zero-order valence-corrected chi connectivity index (χ0v) is 19.7. The Bertz CT molecular complexity index is 1280. The van der Waals surface area contributed by atoms with Crippen molar-refractivity contribution >= 4 is 23.1 Å². The van der Waals surface area contributed by atoms with Crippen molar-refractivity contribution in [3.8, 4) is 5.75 Å². The van der Waals surface area contributed by atoms with Crippen LogP contribution in [0.5, 0.6) is 5.75 Å². The van der Waals surface area contributed by atoms with Crippen molar-refractivity contribution in [1.29, 1.82) is 0 Å². The van der Waals surface area contributed by atoms with Gasteiger partial charge >= 0.3 is 0 Å². The predicted molar refractivity (Wildman–Crippen MR) is 131 cm³/mol. The molecule has 0 bridgehead atoms. The van der Waals surface area contributed by atoms with Crippen LogP contribution in [0, 0.1) is 10.1 Å². The molecule has 0 saturated carbocycles. The summed E-state index contributed by atoms with van der Waals surface area (Å²) in [4.78, 5) is 42.4. The fourth-order valence-electron chi connectivity index (χ4n) is 4.19. The molecule has 186 valence electrons. The second-order valence-corrected chi connectivity index (χ2v) is 8.37. The van der Waals surface area contributed by atoms with E-state index in [0.717, 1.165) is 6.42 Å². The zero-order valence-electron chi connectivity index (χ0n) is 19.7. The van der Waals surface area contributed by atoms with E-state index in [0.29, 0.717) is 36.4 Å². The van der Waals surface area contributed by atoms with Crippen LogP contribution in [-0.4, -0.2) is 49.3 Å². The Labute approximate surface area is 207 Å². The largest absolute Gasteiger partial charge is 0.507 e. The summed E-state index contributed by atoms with van der Waals surface area (Å²) < 4.78 is 7.42. The number of amides is 1. The van der Waals surface area contributed by atoms with E-state index < -0.39 is 22.7 Å². The van der Waals surface area contributed by atoms with Crippen LogP contribution < -0.4 is 4.74 Å². The van der Waals surface area contributed by atoms with Gasteiger partial charge in [-0.05, 0) is 42.7 Å². The van der Waals surface area contributed by atoms with Crippen molar-refractivity contribution in [3.05, 3.63) is 94.1 Å². The number of likely N-dealkylation sites (tertiary alicyclic amines) is 1. The molecule has 2 heterocycles. The first-order valence-electron chi connectivity index (χ1n) is 11.6. The molecule has 1 atom stereocenters. The van der Waals surface area contributed by atoms with Gasteiger partial charge in [-0.25, -0.2) is 4.98 Å². The lowest BCUT2D eigenvalue weighted by Gasteiger charge is -2.25. The molecular formula is C26H26N4O6. The number of Topliss-reactive ketones (excluding diaryl/α,β-unsaturated/α-hetero) is 1. The zero-order chi connectivity index (χ0) is 25.7. The van der Waals surface area contributed by atoms with Crippen molar-refractivity contribution in [2.75, 3.05) is 13.2 Å². The van der Waals surface area contributed by atoms with Crippen LogP contribution in [0.1, 0.15) is 36.9 Å². The van der Waals surface area contributed by atoms with Gasteiger partial charge in [0.25, 0.3) is 17.4 Å². The quantitative estimate of drug-likeness (QED) is 0.149. The van der Waals surface area contributed by atoms with Crippen LogP contribution in [0.3, 0.4) is 0 Å². The first kappa shape index (κ1) is 24.6. The number of aryl methyl sites for hydroxylation is 1. The third-order valence-electron chi connectivity index (χ3n) is 5.91. The van der Waals surface area contributed by atoms with Crippen LogP contribution >= 0.6 is 0 Å². The fourth-order valence-corrected chi connectivity index (χ4v) is 4.19. The molecule has 0 spiro atoms. The second-order valence-electron chi connectivity index (χ2n) is 8.37. The van der Waals surface area contributed by atoms with Crippen molar-refractivity contribution in [2.24, 2.45) is 0 Å².